The predicted molar refractivity (Wildman–Crippen MR) is 80.1 cm³/mol. The van der Waals surface area contributed by atoms with Crippen LogP contribution in [0.15, 0.2) is 28.6 Å². The molecule has 0 aliphatic carbocycles. The largest absolute Gasteiger partial charge is 0.293 e. The van der Waals surface area contributed by atoms with Crippen LogP contribution in [0.5, 0.6) is 0 Å². The molecule has 3 nitrogen and oxygen atoms in total. The van der Waals surface area contributed by atoms with Crippen molar-refractivity contribution < 1.29 is 4.79 Å². The number of rotatable bonds is 6. The van der Waals surface area contributed by atoms with Gasteiger partial charge in [-0.25, -0.2) is 0 Å². The van der Waals surface area contributed by atoms with E-state index in [-0.39, 0.29) is 5.78 Å². The molecule has 0 bridgehead atoms. The first-order chi connectivity index (χ1) is 9.19. The van der Waals surface area contributed by atoms with Gasteiger partial charge >= 0.3 is 0 Å². The van der Waals surface area contributed by atoms with Crippen molar-refractivity contribution in [3.05, 3.63) is 40.4 Å². The molecule has 0 atom stereocenters. The van der Waals surface area contributed by atoms with E-state index in [0.29, 0.717) is 5.75 Å². The minimum Gasteiger partial charge on any atom is -0.293 e. The standard InChI is InChI=1S/C14H16N2OS2/c1-3-4-11-5-7-12(8-6-11)13(17)9-18-14-16-15-10(2)19-14/h5-8H,3-4,9H2,1-2H3. The van der Waals surface area contributed by atoms with Crippen LogP contribution < -0.4 is 0 Å². The van der Waals surface area contributed by atoms with Crippen molar-refractivity contribution in [2.45, 2.75) is 31.0 Å². The first-order valence-electron chi connectivity index (χ1n) is 6.24. The van der Waals surface area contributed by atoms with Crippen LogP contribution in [-0.4, -0.2) is 21.7 Å². The monoisotopic (exact) mass is 292 g/mol. The van der Waals surface area contributed by atoms with Crippen LogP contribution in [0.3, 0.4) is 0 Å². The molecule has 0 aliphatic rings. The summed E-state index contributed by atoms with van der Waals surface area (Å²) in [5.74, 6) is 0.558. The highest BCUT2D eigenvalue weighted by Crippen LogP contribution is 2.22. The van der Waals surface area contributed by atoms with E-state index in [1.807, 2.05) is 31.2 Å². The summed E-state index contributed by atoms with van der Waals surface area (Å²) in [5.41, 5.74) is 2.06. The average molecular weight is 292 g/mol. The van der Waals surface area contributed by atoms with Crippen molar-refractivity contribution in [1.29, 1.82) is 0 Å². The van der Waals surface area contributed by atoms with Crippen molar-refractivity contribution in [2.75, 3.05) is 5.75 Å². The molecule has 2 aromatic rings. The van der Waals surface area contributed by atoms with Gasteiger partial charge in [0.1, 0.15) is 5.01 Å². The Morgan fingerprint density at radius 2 is 2.00 bits per heavy atom. The van der Waals surface area contributed by atoms with Gasteiger partial charge in [-0.15, -0.1) is 10.2 Å². The molecule has 0 saturated heterocycles. The van der Waals surface area contributed by atoms with E-state index in [0.717, 1.165) is 27.8 Å². The SMILES string of the molecule is CCCc1ccc(C(=O)CSc2nnc(C)s2)cc1. The predicted octanol–water partition coefficient (Wildman–Crippen LogP) is 3.77. The Balaban J connectivity index is 1.92. The molecule has 19 heavy (non-hydrogen) atoms. The molecule has 2 rings (SSSR count). The van der Waals surface area contributed by atoms with E-state index in [4.69, 9.17) is 0 Å². The van der Waals surface area contributed by atoms with Gasteiger partial charge in [-0.2, -0.15) is 0 Å². The lowest BCUT2D eigenvalue weighted by atomic mass is 10.1. The highest BCUT2D eigenvalue weighted by Gasteiger charge is 2.09. The Hall–Kier alpha value is -1.20. The molecule has 0 saturated carbocycles. The molecule has 1 aromatic heterocycles. The minimum atomic E-state index is 0.140. The second-order valence-corrected chi connectivity index (χ2v) is 6.65. The van der Waals surface area contributed by atoms with Gasteiger partial charge in [-0.05, 0) is 18.9 Å². The molecule has 0 radical (unpaired) electrons. The summed E-state index contributed by atoms with van der Waals surface area (Å²) in [4.78, 5) is 12.0. The third-order valence-corrected chi connectivity index (χ3v) is 4.62. The van der Waals surface area contributed by atoms with E-state index >= 15 is 0 Å². The molecular weight excluding hydrogens is 276 g/mol. The lowest BCUT2D eigenvalue weighted by molar-refractivity contribution is 0.102. The highest BCUT2D eigenvalue weighted by molar-refractivity contribution is 8.01. The Morgan fingerprint density at radius 3 is 2.58 bits per heavy atom. The van der Waals surface area contributed by atoms with E-state index in [2.05, 4.69) is 17.1 Å². The van der Waals surface area contributed by atoms with E-state index in [1.165, 1.54) is 28.7 Å². The van der Waals surface area contributed by atoms with Gasteiger partial charge in [0.15, 0.2) is 10.1 Å². The lowest BCUT2D eigenvalue weighted by Crippen LogP contribution is -2.02. The van der Waals surface area contributed by atoms with Gasteiger partial charge in [0, 0.05) is 5.56 Å². The minimum absolute atomic E-state index is 0.140. The molecule has 100 valence electrons. The average Bonchev–Trinajstić information content (AvgIpc) is 2.83. The van der Waals surface area contributed by atoms with Crippen LogP contribution in [0.4, 0.5) is 0 Å². The molecule has 0 aliphatic heterocycles. The fourth-order valence-electron chi connectivity index (χ4n) is 1.69. The molecule has 0 amide bonds. The fourth-order valence-corrected chi connectivity index (χ4v) is 3.40. The number of carbonyl (C=O) groups is 1. The van der Waals surface area contributed by atoms with Gasteiger partial charge in [0.2, 0.25) is 0 Å². The van der Waals surface area contributed by atoms with Gasteiger partial charge in [0.05, 0.1) is 5.75 Å². The summed E-state index contributed by atoms with van der Waals surface area (Å²) in [6, 6.07) is 7.91. The maximum absolute atomic E-state index is 12.0. The zero-order valence-corrected chi connectivity index (χ0v) is 12.7. The fraction of sp³-hybridized carbons (Fsp3) is 0.357. The Kier molecular flexibility index (Phi) is 5.10. The van der Waals surface area contributed by atoms with Crippen LogP contribution in [0.1, 0.15) is 34.3 Å². The van der Waals surface area contributed by atoms with Crippen molar-refractivity contribution >= 4 is 28.9 Å². The van der Waals surface area contributed by atoms with Gasteiger partial charge in [-0.1, -0.05) is 60.7 Å². The summed E-state index contributed by atoms with van der Waals surface area (Å²) in [7, 11) is 0. The first-order valence-corrected chi connectivity index (χ1v) is 8.04. The number of hydrogen-bond donors (Lipinski definition) is 0. The number of aromatic nitrogens is 2. The second-order valence-electron chi connectivity index (χ2n) is 4.25. The lowest BCUT2D eigenvalue weighted by Gasteiger charge is -2.02. The van der Waals surface area contributed by atoms with Crippen molar-refractivity contribution in [2.24, 2.45) is 0 Å². The third kappa shape index (κ3) is 4.14. The first kappa shape index (κ1) is 14.2. The normalized spacial score (nSPS) is 10.6. The van der Waals surface area contributed by atoms with Crippen molar-refractivity contribution in [3.63, 3.8) is 0 Å². The highest BCUT2D eigenvalue weighted by atomic mass is 32.2. The molecular formula is C14H16N2OS2. The molecule has 0 fully saturated rings. The van der Waals surface area contributed by atoms with Gasteiger partial charge < -0.3 is 0 Å². The van der Waals surface area contributed by atoms with Crippen LogP contribution in [0, 0.1) is 6.92 Å². The molecule has 0 spiro atoms. The number of nitrogens with zero attached hydrogens (tertiary/aromatic N) is 2. The zero-order valence-electron chi connectivity index (χ0n) is 11.0. The maximum atomic E-state index is 12.0. The van der Waals surface area contributed by atoms with Gasteiger partial charge in [-0.3, -0.25) is 4.79 Å². The van der Waals surface area contributed by atoms with Crippen LogP contribution in [-0.2, 0) is 6.42 Å². The van der Waals surface area contributed by atoms with Crippen LogP contribution in [0.2, 0.25) is 0 Å². The summed E-state index contributed by atoms with van der Waals surface area (Å²) < 4.78 is 0.855. The molecule has 1 heterocycles. The molecule has 0 unspecified atom stereocenters. The number of thioether (sulfide) groups is 1. The Morgan fingerprint density at radius 1 is 1.26 bits per heavy atom. The van der Waals surface area contributed by atoms with E-state index in [1.54, 1.807) is 0 Å². The topological polar surface area (TPSA) is 42.9 Å². The maximum Gasteiger partial charge on any atom is 0.174 e. The number of benzene rings is 1. The summed E-state index contributed by atoms with van der Waals surface area (Å²) in [5, 5.41) is 8.86. The molecule has 1 aromatic carbocycles. The molecule has 0 N–H and O–H groups in total. The van der Waals surface area contributed by atoms with Crippen molar-refractivity contribution in [3.8, 4) is 0 Å². The van der Waals surface area contributed by atoms with Gasteiger partial charge in [0.25, 0.3) is 0 Å². The van der Waals surface area contributed by atoms with Crippen LogP contribution in [0.25, 0.3) is 0 Å². The van der Waals surface area contributed by atoms with Crippen molar-refractivity contribution in [1.82, 2.24) is 10.2 Å². The smallest absolute Gasteiger partial charge is 0.174 e. The summed E-state index contributed by atoms with van der Waals surface area (Å²) >= 11 is 2.98. The second kappa shape index (κ2) is 6.82. The summed E-state index contributed by atoms with van der Waals surface area (Å²) in [6.07, 6.45) is 2.19. The Bertz CT molecular complexity index is 549. The zero-order chi connectivity index (χ0) is 13.7. The third-order valence-electron chi connectivity index (χ3n) is 2.65. The van der Waals surface area contributed by atoms with E-state index < -0.39 is 0 Å². The number of ketones is 1. The van der Waals surface area contributed by atoms with E-state index in [9.17, 15) is 4.79 Å². The quantitative estimate of drug-likeness (QED) is 0.600. The number of aryl methyl sites for hydroxylation is 2. The summed E-state index contributed by atoms with van der Waals surface area (Å²) in [6.45, 7) is 4.07. The Labute approximate surface area is 121 Å². The number of carbonyl (C=O) groups excluding carboxylic acids is 1. The molecule has 5 heteroatoms. The van der Waals surface area contributed by atoms with Crippen LogP contribution >= 0.6 is 23.1 Å². The number of hydrogen-bond acceptors (Lipinski definition) is 5. The number of Topliss-reactive ketones (excluding diaryl/α,β-unsaturated/α-hetero) is 1.